The van der Waals surface area contributed by atoms with Crippen LogP contribution >= 0.6 is 11.6 Å². The van der Waals surface area contributed by atoms with Crippen molar-refractivity contribution >= 4 is 17.6 Å². The van der Waals surface area contributed by atoms with E-state index in [1.807, 2.05) is 19.1 Å². The van der Waals surface area contributed by atoms with E-state index in [2.05, 4.69) is 4.98 Å². The van der Waals surface area contributed by atoms with Gasteiger partial charge in [-0.1, -0.05) is 23.7 Å². The van der Waals surface area contributed by atoms with Crippen LogP contribution in [0, 0.1) is 6.92 Å². The fourth-order valence-corrected chi connectivity index (χ4v) is 1.77. The maximum Gasteiger partial charge on any atom is 0.337 e. The first-order chi connectivity index (χ1) is 8.08. The van der Waals surface area contributed by atoms with Gasteiger partial charge in [0.15, 0.2) is 0 Å². The highest BCUT2D eigenvalue weighted by Gasteiger charge is 2.09. The molecule has 0 fully saturated rings. The Labute approximate surface area is 104 Å². The highest BCUT2D eigenvalue weighted by atomic mass is 35.5. The third-order valence-corrected chi connectivity index (χ3v) is 2.76. The molecule has 0 saturated heterocycles. The largest absolute Gasteiger partial charge is 0.478 e. The lowest BCUT2D eigenvalue weighted by Crippen LogP contribution is -1.97. The molecule has 3 nitrogen and oxygen atoms in total. The van der Waals surface area contributed by atoms with Crippen LogP contribution in [0.1, 0.15) is 16.1 Å². The normalized spacial score (nSPS) is 10.2. The molecule has 0 aliphatic heterocycles. The maximum atomic E-state index is 10.8. The second-order valence-electron chi connectivity index (χ2n) is 3.69. The maximum absolute atomic E-state index is 10.8. The molecule has 1 N–H and O–H groups in total. The minimum Gasteiger partial charge on any atom is -0.478 e. The predicted octanol–water partition coefficient (Wildman–Crippen LogP) is 3.41. The average molecular weight is 248 g/mol. The van der Waals surface area contributed by atoms with Gasteiger partial charge in [0, 0.05) is 17.5 Å². The van der Waals surface area contributed by atoms with Crippen LogP contribution in [0.25, 0.3) is 11.1 Å². The molecular weight excluding hydrogens is 238 g/mol. The van der Waals surface area contributed by atoms with Crippen LogP contribution in [0.15, 0.2) is 36.5 Å². The number of aromatic carboxylic acids is 1. The Morgan fingerprint density at radius 2 is 1.94 bits per heavy atom. The summed E-state index contributed by atoms with van der Waals surface area (Å²) in [6.45, 7) is 1.91. The van der Waals surface area contributed by atoms with Gasteiger partial charge in [-0.25, -0.2) is 4.79 Å². The Balaban J connectivity index is 2.44. The lowest BCUT2D eigenvalue weighted by atomic mass is 10.1. The van der Waals surface area contributed by atoms with Crippen molar-refractivity contribution in [2.45, 2.75) is 6.92 Å². The first-order valence-electron chi connectivity index (χ1n) is 5.04. The van der Waals surface area contributed by atoms with Crippen molar-refractivity contribution in [3.8, 4) is 11.1 Å². The van der Waals surface area contributed by atoms with Crippen LogP contribution in [0.2, 0.25) is 5.02 Å². The van der Waals surface area contributed by atoms with Crippen molar-refractivity contribution in [2.75, 3.05) is 0 Å². The zero-order valence-corrected chi connectivity index (χ0v) is 9.90. The number of carboxylic acid groups (broad SMARTS) is 1. The van der Waals surface area contributed by atoms with Gasteiger partial charge in [0.05, 0.1) is 10.6 Å². The predicted molar refractivity (Wildman–Crippen MR) is 66.4 cm³/mol. The fourth-order valence-electron chi connectivity index (χ4n) is 1.51. The number of hydrogen-bond donors (Lipinski definition) is 1. The van der Waals surface area contributed by atoms with E-state index in [1.165, 1.54) is 6.07 Å². The molecule has 1 aromatic carbocycles. The summed E-state index contributed by atoms with van der Waals surface area (Å²) in [5.41, 5.74) is 2.81. The summed E-state index contributed by atoms with van der Waals surface area (Å²) in [4.78, 5) is 15.0. The number of rotatable bonds is 2. The van der Waals surface area contributed by atoms with Gasteiger partial charge in [-0.05, 0) is 30.7 Å². The van der Waals surface area contributed by atoms with Crippen molar-refractivity contribution in [2.24, 2.45) is 0 Å². The summed E-state index contributed by atoms with van der Waals surface area (Å²) >= 11 is 5.90. The summed E-state index contributed by atoms with van der Waals surface area (Å²) in [5, 5.41) is 9.10. The van der Waals surface area contributed by atoms with E-state index in [0.717, 1.165) is 16.8 Å². The number of hydrogen-bond acceptors (Lipinski definition) is 2. The Hall–Kier alpha value is -1.87. The van der Waals surface area contributed by atoms with E-state index in [1.54, 1.807) is 18.3 Å². The highest BCUT2D eigenvalue weighted by molar-refractivity contribution is 6.33. The lowest BCUT2D eigenvalue weighted by molar-refractivity contribution is 0.0697. The van der Waals surface area contributed by atoms with Crippen LogP contribution in [0.5, 0.6) is 0 Å². The zero-order chi connectivity index (χ0) is 12.4. The average Bonchev–Trinajstić information content (AvgIpc) is 2.29. The molecule has 86 valence electrons. The molecule has 0 radical (unpaired) electrons. The Morgan fingerprint density at radius 1 is 1.24 bits per heavy atom. The molecule has 0 atom stereocenters. The minimum absolute atomic E-state index is 0.107. The van der Waals surface area contributed by atoms with Crippen molar-refractivity contribution in [1.82, 2.24) is 4.98 Å². The molecule has 0 amide bonds. The number of aryl methyl sites for hydroxylation is 1. The standard InChI is InChI=1S/C13H10ClNO2/c1-8-2-3-10(7-15-8)9-4-5-11(13(16)17)12(14)6-9/h2-7H,1H3,(H,16,17). The molecule has 17 heavy (non-hydrogen) atoms. The number of nitrogens with zero attached hydrogens (tertiary/aromatic N) is 1. The fraction of sp³-hybridized carbons (Fsp3) is 0.0769. The summed E-state index contributed by atoms with van der Waals surface area (Å²) in [7, 11) is 0. The lowest BCUT2D eigenvalue weighted by Gasteiger charge is -2.04. The molecule has 4 heteroatoms. The molecule has 2 aromatic rings. The number of carboxylic acids is 1. The monoisotopic (exact) mass is 247 g/mol. The van der Waals surface area contributed by atoms with Gasteiger partial charge < -0.3 is 5.11 Å². The zero-order valence-electron chi connectivity index (χ0n) is 9.14. The molecule has 1 heterocycles. The number of carbonyl (C=O) groups is 1. The van der Waals surface area contributed by atoms with E-state index in [-0.39, 0.29) is 10.6 Å². The smallest absolute Gasteiger partial charge is 0.337 e. The quantitative estimate of drug-likeness (QED) is 0.885. The van der Waals surface area contributed by atoms with E-state index in [0.29, 0.717) is 0 Å². The van der Waals surface area contributed by atoms with Crippen LogP contribution < -0.4 is 0 Å². The molecule has 0 unspecified atom stereocenters. The first-order valence-corrected chi connectivity index (χ1v) is 5.41. The Bertz CT molecular complexity index is 564. The SMILES string of the molecule is Cc1ccc(-c2ccc(C(=O)O)c(Cl)c2)cn1. The van der Waals surface area contributed by atoms with Crippen molar-refractivity contribution in [3.05, 3.63) is 52.8 Å². The first kappa shape index (κ1) is 11.6. The number of benzene rings is 1. The third kappa shape index (κ3) is 2.45. The highest BCUT2D eigenvalue weighted by Crippen LogP contribution is 2.25. The Morgan fingerprint density at radius 3 is 2.47 bits per heavy atom. The van der Waals surface area contributed by atoms with Crippen LogP contribution in [-0.2, 0) is 0 Å². The van der Waals surface area contributed by atoms with Gasteiger partial charge in [-0.15, -0.1) is 0 Å². The van der Waals surface area contributed by atoms with Crippen LogP contribution in [-0.4, -0.2) is 16.1 Å². The van der Waals surface area contributed by atoms with Crippen molar-refractivity contribution in [3.63, 3.8) is 0 Å². The molecule has 0 spiro atoms. The number of aromatic nitrogens is 1. The molecule has 2 rings (SSSR count). The third-order valence-electron chi connectivity index (χ3n) is 2.44. The van der Waals surface area contributed by atoms with Gasteiger partial charge in [-0.2, -0.15) is 0 Å². The molecule has 0 aliphatic rings. The second kappa shape index (κ2) is 4.55. The molecule has 0 bridgehead atoms. The van der Waals surface area contributed by atoms with Gasteiger partial charge in [-0.3, -0.25) is 4.98 Å². The minimum atomic E-state index is -1.02. The summed E-state index contributed by atoms with van der Waals surface area (Å²) in [6.07, 6.45) is 1.74. The van der Waals surface area contributed by atoms with E-state index >= 15 is 0 Å². The van der Waals surface area contributed by atoms with Crippen LogP contribution in [0.3, 0.4) is 0 Å². The van der Waals surface area contributed by atoms with Gasteiger partial charge in [0.1, 0.15) is 0 Å². The summed E-state index contributed by atoms with van der Waals surface area (Å²) in [5.74, 6) is -1.02. The van der Waals surface area contributed by atoms with Crippen molar-refractivity contribution < 1.29 is 9.90 Å². The van der Waals surface area contributed by atoms with E-state index < -0.39 is 5.97 Å². The number of halogens is 1. The van der Waals surface area contributed by atoms with E-state index in [4.69, 9.17) is 16.7 Å². The molecule has 0 saturated carbocycles. The van der Waals surface area contributed by atoms with E-state index in [9.17, 15) is 4.79 Å². The molecular formula is C13H10ClNO2. The molecule has 0 aliphatic carbocycles. The Kier molecular flexibility index (Phi) is 3.11. The summed E-state index contributed by atoms with van der Waals surface area (Å²) in [6, 6.07) is 8.68. The number of pyridine rings is 1. The summed E-state index contributed by atoms with van der Waals surface area (Å²) < 4.78 is 0. The molecule has 1 aromatic heterocycles. The van der Waals surface area contributed by atoms with Crippen molar-refractivity contribution in [1.29, 1.82) is 0 Å². The van der Waals surface area contributed by atoms with Gasteiger partial charge in [0.25, 0.3) is 0 Å². The van der Waals surface area contributed by atoms with Gasteiger partial charge >= 0.3 is 5.97 Å². The van der Waals surface area contributed by atoms with Crippen LogP contribution in [0.4, 0.5) is 0 Å². The topological polar surface area (TPSA) is 50.2 Å². The second-order valence-corrected chi connectivity index (χ2v) is 4.10. The van der Waals surface area contributed by atoms with Gasteiger partial charge in [0.2, 0.25) is 0 Å².